The molecule has 1 rings (SSSR count). The van der Waals surface area contributed by atoms with Crippen LogP contribution in [0.2, 0.25) is 0 Å². The molecule has 1 aromatic rings. The highest BCUT2D eigenvalue weighted by Crippen LogP contribution is 2.13. The lowest BCUT2D eigenvalue weighted by Crippen LogP contribution is -2.37. The normalized spacial score (nSPS) is 11.4. The molecule has 0 radical (unpaired) electrons. The summed E-state index contributed by atoms with van der Waals surface area (Å²) in [5.41, 5.74) is 9.61. The van der Waals surface area contributed by atoms with Gasteiger partial charge >= 0.3 is 5.69 Å². The molecule has 1 amide bonds. The largest absolute Gasteiger partial charge is 0.383 e. The molecule has 0 aliphatic heterocycles. The number of carbonyl (C=O) groups is 1. The molecule has 0 bridgehead atoms. The van der Waals surface area contributed by atoms with Crippen LogP contribution in [-0.2, 0) is 5.54 Å². The standard InChI is InChI=1S/C9H14N4O2/c1-9(2,3)13-4-5(7(11)14)6(10)12-8(13)15/h4H,1-3H3,(H2,11,14)(H2,10,12,15). The van der Waals surface area contributed by atoms with Crippen molar-refractivity contribution in [2.75, 3.05) is 5.73 Å². The van der Waals surface area contributed by atoms with E-state index in [-0.39, 0.29) is 11.4 Å². The van der Waals surface area contributed by atoms with Crippen LogP contribution in [-0.4, -0.2) is 15.5 Å². The summed E-state index contributed by atoms with van der Waals surface area (Å²) in [5.74, 6) is -0.828. The summed E-state index contributed by atoms with van der Waals surface area (Å²) in [4.78, 5) is 26.0. The van der Waals surface area contributed by atoms with Gasteiger partial charge in [0.25, 0.3) is 5.91 Å². The SMILES string of the molecule is CC(C)(C)n1cc(C(N)=O)c(N)nc1=O. The fraction of sp³-hybridized carbons (Fsp3) is 0.444. The average Bonchev–Trinajstić information content (AvgIpc) is 2.00. The van der Waals surface area contributed by atoms with Crippen molar-refractivity contribution in [3.05, 3.63) is 22.2 Å². The Morgan fingerprint density at radius 3 is 2.40 bits per heavy atom. The van der Waals surface area contributed by atoms with E-state index in [9.17, 15) is 9.59 Å². The quantitative estimate of drug-likeness (QED) is 0.662. The maximum absolute atomic E-state index is 11.5. The van der Waals surface area contributed by atoms with Crippen molar-refractivity contribution in [2.45, 2.75) is 26.3 Å². The van der Waals surface area contributed by atoms with Crippen LogP contribution in [0.25, 0.3) is 0 Å². The van der Waals surface area contributed by atoms with Crippen LogP contribution in [0.1, 0.15) is 31.1 Å². The van der Waals surface area contributed by atoms with Crippen molar-refractivity contribution in [1.82, 2.24) is 9.55 Å². The van der Waals surface area contributed by atoms with Crippen molar-refractivity contribution in [2.24, 2.45) is 5.73 Å². The van der Waals surface area contributed by atoms with Crippen molar-refractivity contribution in [3.63, 3.8) is 0 Å². The molecule has 1 heterocycles. The van der Waals surface area contributed by atoms with Gasteiger partial charge in [0.1, 0.15) is 5.82 Å². The van der Waals surface area contributed by atoms with Gasteiger partial charge in [-0.15, -0.1) is 0 Å². The van der Waals surface area contributed by atoms with Crippen molar-refractivity contribution >= 4 is 11.7 Å². The number of hydrogen-bond acceptors (Lipinski definition) is 4. The molecule has 1 aromatic heterocycles. The molecule has 0 spiro atoms. The molecule has 4 N–H and O–H groups in total. The Balaban J connectivity index is 3.51. The summed E-state index contributed by atoms with van der Waals surface area (Å²) in [6, 6.07) is 0. The number of nitrogens with zero attached hydrogens (tertiary/aromatic N) is 2. The molecule has 0 atom stereocenters. The van der Waals surface area contributed by atoms with Gasteiger partial charge in [-0.25, -0.2) is 4.79 Å². The molecule has 0 saturated heterocycles. The third-order valence-corrected chi connectivity index (χ3v) is 1.94. The summed E-state index contributed by atoms with van der Waals surface area (Å²) < 4.78 is 1.32. The predicted octanol–water partition coefficient (Wildman–Crippen LogP) is -0.321. The lowest BCUT2D eigenvalue weighted by Gasteiger charge is -2.22. The highest BCUT2D eigenvalue weighted by molar-refractivity contribution is 5.96. The number of primary amides is 1. The van der Waals surface area contributed by atoms with Gasteiger partial charge in [0.05, 0.1) is 5.56 Å². The van der Waals surface area contributed by atoms with Crippen LogP contribution < -0.4 is 17.2 Å². The molecule has 0 fully saturated rings. The second-order valence-corrected chi connectivity index (χ2v) is 4.23. The van der Waals surface area contributed by atoms with E-state index in [4.69, 9.17) is 11.5 Å². The highest BCUT2D eigenvalue weighted by atomic mass is 16.2. The van der Waals surface area contributed by atoms with E-state index in [1.807, 2.05) is 20.8 Å². The predicted molar refractivity (Wildman–Crippen MR) is 56.4 cm³/mol. The van der Waals surface area contributed by atoms with Crippen molar-refractivity contribution < 1.29 is 4.79 Å². The second-order valence-electron chi connectivity index (χ2n) is 4.23. The number of hydrogen-bond donors (Lipinski definition) is 2. The molecule has 0 aliphatic rings. The lowest BCUT2D eigenvalue weighted by molar-refractivity contribution is 0.0999. The van der Waals surface area contributed by atoms with Gasteiger partial charge in [-0.2, -0.15) is 4.98 Å². The molecule has 15 heavy (non-hydrogen) atoms. The fourth-order valence-electron chi connectivity index (χ4n) is 1.14. The number of aromatic nitrogens is 2. The first-order valence-corrected chi connectivity index (χ1v) is 4.43. The van der Waals surface area contributed by atoms with E-state index in [2.05, 4.69) is 4.98 Å². The Hall–Kier alpha value is -1.85. The van der Waals surface area contributed by atoms with Gasteiger partial charge in [0, 0.05) is 11.7 Å². The van der Waals surface area contributed by atoms with Gasteiger partial charge < -0.3 is 11.5 Å². The first kappa shape index (κ1) is 11.2. The van der Waals surface area contributed by atoms with Crippen LogP contribution in [0.4, 0.5) is 5.82 Å². The van der Waals surface area contributed by atoms with Crippen LogP contribution in [0, 0.1) is 0 Å². The Morgan fingerprint density at radius 1 is 1.47 bits per heavy atom. The first-order chi connectivity index (χ1) is 6.73. The van der Waals surface area contributed by atoms with Crippen LogP contribution in [0.15, 0.2) is 11.0 Å². The third-order valence-electron chi connectivity index (χ3n) is 1.94. The minimum atomic E-state index is -0.696. The number of carbonyl (C=O) groups excluding carboxylic acids is 1. The summed E-state index contributed by atoms with van der Waals surface area (Å²) >= 11 is 0. The molecule has 6 nitrogen and oxygen atoms in total. The molecule has 0 unspecified atom stereocenters. The van der Waals surface area contributed by atoms with Crippen LogP contribution in [0.3, 0.4) is 0 Å². The number of rotatable bonds is 1. The highest BCUT2D eigenvalue weighted by Gasteiger charge is 2.18. The van der Waals surface area contributed by atoms with Gasteiger partial charge in [-0.1, -0.05) is 0 Å². The van der Waals surface area contributed by atoms with E-state index < -0.39 is 17.1 Å². The Morgan fingerprint density at radius 2 is 2.00 bits per heavy atom. The van der Waals surface area contributed by atoms with E-state index in [0.29, 0.717) is 0 Å². The van der Waals surface area contributed by atoms with E-state index in [1.165, 1.54) is 10.8 Å². The Kier molecular flexibility index (Phi) is 2.53. The number of anilines is 1. The molecule has 0 aliphatic carbocycles. The Bertz CT molecular complexity index is 456. The molecule has 0 saturated carbocycles. The summed E-state index contributed by atoms with van der Waals surface area (Å²) in [6.07, 6.45) is 1.34. The van der Waals surface area contributed by atoms with E-state index >= 15 is 0 Å². The maximum Gasteiger partial charge on any atom is 0.350 e. The van der Waals surface area contributed by atoms with E-state index in [1.54, 1.807) is 0 Å². The third kappa shape index (κ3) is 2.15. The lowest BCUT2D eigenvalue weighted by atomic mass is 10.1. The minimum absolute atomic E-state index is 0.0597. The minimum Gasteiger partial charge on any atom is -0.383 e. The fourth-order valence-corrected chi connectivity index (χ4v) is 1.14. The average molecular weight is 210 g/mol. The second kappa shape index (κ2) is 3.38. The molecular weight excluding hydrogens is 196 g/mol. The molecule has 0 aromatic carbocycles. The zero-order valence-corrected chi connectivity index (χ0v) is 8.94. The van der Waals surface area contributed by atoms with E-state index in [0.717, 1.165) is 0 Å². The van der Waals surface area contributed by atoms with Gasteiger partial charge in [0.2, 0.25) is 0 Å². The van der Waals surface area contributed by atoms with Gasteiger partial charge in [-0.05, 0) is 20.8 Å². The zero-order chi connectivity index (χ0) is 11.8. The number of amides is 1. The van der Waals surface area contributed by atoms with Crippen molar-refractivity contribution in [1.29, 1.82) is 0 Å². The van der Waals surface area contributed by atoms with Crippen LogP contribution >= 0.6 is 0 Å². The summed E-state index contributed by atoms with van der Waals surface area (Å²) in [7, 11) is 0. The van der Waals surface area contributed by atoms with Crippen molar-refractivity contribution in [3.8, 4) is 0 Å². The summed E-state index contributed by atoms with van der Waals surface area (Å²) in [5, 5.41) is 0. The van der Waals surface area contributed by atoms with Crippen LogP contribution in [0.5, 0.6) is 0 Å². The van der Waals surface area contributed by atoms with Gasteiger partial charge in [-0.3, -0.25) is 9.36 Å². The maximum atomic E-state index is 11.5. The molecular formula is C9H14N4O2. The number of nitrogens with two attached hydrogens (primary N) is 2. The van der Waals surface area contributed by atoms with Gasteiger partial charge in [0.15, 0.2) is 0 Å². The Labute approximate surface area is 86.9 Å². The summed E-state index contributed by atoms with van der Waals surface area (Å²) in [6.45, 7) is 5.45. The molecule has 82 valence electrons. The monoisotopic (exact) mass is 210 g/mol. The zero-order valence-electron chi connectivity index (χ0n) is 8.94. The topological polar surface area (TPSA) is 104 Å². The smallest absolute Gasteiger partial charge is 0.350 e. The molecule has 6 heteroatoms. The number of nitrogen functional groups attached to an aromatic ring is 1. The first-order valence-electron chi connectivity index (χ1n) is 4.43.